The zero-order valence-corrected chi connectivity index (χ0v) is 10.1. The molecule has 0 unspecified atom stereocenters. The SMILES string of the molecule is O=C(O)Oc1cc2c(s1)CCN(OC(=O)O)CC2. The number of rotatable bonds is 2. The van der Waals surface area contributed by atoms with Crippen LogP contribution in [0.3, 0.4) is 0 Å². The molecule has 2 heterocycles. The van der Waals surface area contributed by atoms with Crippen molar-refractivity contribution in [3.05, 3.63) is 16.5 Å². The van der Waals surface area contributed by atoms with E-state index in [1.54, 1.807) is 6.07 Å². The lowest BCUT2D eigenvalue weighted by atomic mass is 10.2. The second-order valence-electron chi connectivity index (χ2n) is 3.67. The third-order valence-corrected chi connectivity index (χ3v) is 3.60. The zero-order chi connectivity index (χ0) is 13.1. The lowest BCUT2D eigenvalue weighted by Crippen LogP contribution is -2.29. The molecule has 2 rings (SSSR count). The van der Waals surface area contributed by atoms with E-state index in [4.69, 9.17) is 10.2 Å². The maximum absolute atomic E-state index is 10.4. The molecule has 98 valence electrons. The Morgan fingerprint density at radius 1 is 1.22 bits per heavy atom. The first kappa shape index (κ1) is 12.7. The average molecular weight is 273 g/mol. The molecule has 0 spiro atoms. The third kappa shape index (κ3) is 3.11. The Morgan fingerprint density at radius 3 is 2.61 bits per heavy atom. The van der Waals surface area contributed by atoms with Crippen LogP contribution in [0, 0.1) is 0 Å². The molecule has 1 aliphatic rings. The molecule has 1 aliphatic heterocycles. The molecule has 1 aromatic heterocycles. The van der Waals surface area contributed by atoms with Crippen molar-refractivity contribution in [1.29, 1.82) is 0 Å². The quantitative estimate of drug-likeness (QED) is 0.793. The first-order chi connectivity index (χ1) is 8.54. The summed E-state index contributed by atoms with van der Waals surface area (Å²) in [7, 11) is 0. The minimum Gasteiger partial charge on any atom is -0.449 e. The van der Waals surface area contributed by atoms with Gasteiger partial charge in [0, 0.05) is 18.0 Å². The minimum atomic E-state index is -1.33. The number of ether oxygens (including phenoxy) is 1. The van der Waals surface area contributed by atoms with Gasteiger partial charge in [0.25, 0.3) is 0 Å². The summed E-state index contributed by atoms with van der Waals surface area (Å²) in [6.45, 7) is 0.898. The van der Waals surface area contributed by atoms with E-state index in [0.717, 1.165) is 10.4 Å². The summed E-state index contributed by atoms with van der Waals surface area (Å²) in [4.78, 5) is 26.4. The first-order valence-electron chi connectivity index (χ1n) is 5.23. The highest BCUT2D eigenvalue weighted by atomic mass is 32.1. The molecule has 18 heavy (non-hydrogen) atoms. The molecule has 0 aromatic carbocycles. The highest BCUT2D eigenvalue weighted by molar-refractivity contribution is 7.14. The van der Waals surface area contributed by atoms with Crippen LogP contribution in [0.2, 0.25) is 0 Å². The van der Waals surface area contributed by atoms with Crippen LogP contribution >= 0.6 is 11.3 Å². The highest BCUT2D eigenvalue weighted by Crippen LogP contribution is 2.31. The van der Waals surface area contributed by atoms with E-state index in [1.165, 1.54) is 16.4 Å². The predicted molar refractivity (Wildman–Crippen MR) is 61.1 cm³/mol. The molecule has 0 fully saturated rings. The lowest BCUT2D eigenvalue weighted by molar-refractivity contribution is -0.116. The fourth-order valence-electron chi connectivity index (χ4n) is 1.78. The molecular weight excluding hydrogens is 262 g/mol. The van der Waals surface area contributed by atoms with E-state index in [2.05, 4.69) is 9.57 Å². The molecule has 8 heteroatoms. The van der Waals surface area contributed by atoms with Gasteiger partial charge in [-0.15, -0.1) is 16.4 Å². The summed E-state index contributed by atoms with van der Waals surface area (Å²) in [6, 6.07) is 1.68. The standard InChI is InChI=1S/C10H11NO6S/c12-9(13)16-8-5-6-1-3-11(17-10(14)15)4-2-7(6)18-8/h5H,1-4H2,(H,12,13)(H,14,15). The topological polar surface area (TPSA) is 96.3 Å². The molecule has 0 atom stereocenters. The van der Waals surface area contributed by atoms with Crippen molar-refractivity contribution in [2.75, 3.05) is 13.1 Å². The van der Waals surface area contributed by atoms with Gasteiger partial charge in [-0.05, 0) is 24.5 Å². The van der Waals surface area contributed by atoms with E-state index >= 15 is 0 Å². The summed E-state index contributed by atoms with van der Waals surface area (Å²) in [5.41, 5.74) is 0.979. The summed E-state index contributed by atoms with van der Waals surface area (Å²) in [6.07, 6.45) is -1.45. The van der Waals surface area contributed by atoms with E-state index in [9.17, 15) is 9.59 Å². The zero-order valence-electron chi connectivity index (χ0n) is 9.29. The van der Waals surface area contributed by atoms with Crippen molar-refractivity contribution >= 4 is 23.6 Å². The van der Waals surface area contributed by atoms with Gasteiger partial charge in [-0.3, -0.25) is 0 Å². The highest BCUT2D eigenvalue weighted by Gasteiger charge is 2.20. The number of hydroxylamine groups is 2. The maximum Gasteiger partial charge on any atom is 0.525 e. The Labute approximate surface area is 106 Å². The Hall–Kier alpha value is -1.80. The number of hydrogen-bond donors (Lipinski definition) is 2. The largest absolute Gasteiger partial charge is 0.525 e. The van der Waals surface area contributed by atoms with E-state index in [1.807, 2.05) is 0 Å². The molecule has 7 nitrogen and oxygen atoms in total. The number of fused-ring (bicyclic) bond motifs is 1. The Kier molecular flexibility index (Phi) is 3.68. The van der Waals surface area contributed by atoms with Gasteiger partial charge < -0.3 is 19.8 Å². The van der Waals surface area contributed by atoms with Gasteiger partial charge in [0.2, 0.25) is 0 Å². The molecular formula is C10H11NO6S. The number of carbonyl (C=O) groups is 2. The monoisotopic (exact) mass is 273 g/mol. The van der Waals surface area contributed by atoms with Crippen molar-refractivity contribution in [3.8, 4) is 5.06 Å². The average Bonchev–Trinajstić information content (AvgIpc) is 2.54. The lowest BCUT2D eigenvalue weighted by Gasteiger charge is -2.15. The molecule has 0 saturated carbocycles. The molecule has 0 aliphatic carbocycles. The molecule has 0 amide bonds. The minimum absolute atomic E-state index is 0.347. The Balaban J connectivity index is 2.02. The van der Waals surface area contributed by atoms with Crippen LogP contribution < -0.4 is 4.74 Å². The van der Waals surface area contributed by atoms with Gasteiger partial charge in [0.15, 0.2) is 5.06 Å². The fourth-order valence-corrected chi connectivity index (χ4v) is 2.83. The van der Waals surface area contributed by atoms with Crippen LogP contribution in [-0.2, 0) is 17.7 Å². The summed E-state index contributed by atoms with van der Waals surface area (Å²) < 4.78 is 4.60. The van der Waals surface area contributed by atoms with Gasteiger partial charge >= 0.3 is 12.3 Å². The van der Waals surface area contributed by atoms with Crippen LogP contribution in [0.4, 0.5) is 9.59 Å². The van der Waals surface area contributed by atoms with Crippen molar-refractivity contribution in [2.24, 2.45) is 0 Å². The normalized spacial score (nSPS) is 15.6. The van der Waals surface area contributed by atoms with E-state index < -0.39 is 12.3 Å². The molecule has 0 saturated heterocycles. The fraction of sp³-hybridized carbons (Fsp3) is 0.400. The Bertz CT molecular complexity index is 445. The van der Waals surface area contributed by atoms with Gasteiger partial charge in [-0.1, -0.05) is 0 Å². The molecule has 2 N–H and O–H groups in total. The molecule has 0 bridgehead atoms. The number of carboxylic acid groups (broad SMARTS) is 2. The van der Waals surface area contributed by atoms with E-state index in [-0.39, 0.29) is 0 Å². The smallest absolute Gasteiger partial charge is 0.449 e. The Morgan fingerprint density at radius 2 is 1.94 bits per heavy atom. The van der Waals surface area contributed by atoms with Crippen molar-refractivity contribution in [2.45, 2.75) is 12.8 Å². The van der Waals surface area contributed by atoms with Crippen molar-refractivity contribution in [3.63, 3.8) is 0 Å². The third-order valence-electron chi connectivity index (χ3n) is 2.49. The van der Waals surface area contributed by atoms with E-state index in [0.29, 0.717) is 31.0 Å². The second kappa shape index (κ2) is 5.23. The number of thiophene rings is 1. The summed E-state index contributed by atoms with van der Waals surface area (Å²) in [5.74, 6) is 0. The number of nitrogens with zero attached hydrogens (tertiary/aromatic N) is 1. The van der Waals surface area contributed by atoms with Crippen LogP contribution in [0.25, 0.3) is 0 Å². The number of hydrogen-bond acceptors (Lipinski definition) is 6. The van der Waals surface area contributed by atoms with Gasteiger partial charge in [-0.2, -0.15) is 0 Å². The van der Waals surface area contributed by atoms with Crippen LogP contribution in [0.1, 0.15) is 10.4 Å². The maximum atomic E-state index is 10.4. The second-order valence-corrected chi connectivity index (χ2v) is 4.77. The van der Waals surface area contributed by atoms with Crippen LogP contribution in [-0.4, -0.2) is 40.7 Å². The van der Waals surface area contributed by atoms with Crippen LogP contribution in [0.15, 0.2) is 6.07 Å². The van der Waals surface area contributed by atoms with Gasteiger partial charge in [0.05, 0.1) is 0 Å². The van der Waals surface area contributed by atoms with Crippen molar-refractivity contribution in [1.82, 2.24) is 5.06 Å². The molecule has 0 radical (unpaired) electrons. The van der Waals surface area contributed by atoms with Gasteiger partial charge in [0.1, 0.15) is 0 Å². The van der Waals surface area contributed by atoms with Crippen molar-refractivity contribution < 1.29 is 29.4 Å². The predicted octanol–water partition coefficient (Wildman–Crippen LogP) is 1.82. The summed E-state index contributed by atoms with van der Waals surface area (Å²) in [5, 5.41) is 18.8. The summed E-state index contributed by atoms with van der Waals surface area (Å²) >= 11 is 1.27. The van der Waals surface area contributed by atoms with Crippen LogP contribution in [0.5, 0.6) is 5.06 Å². The molecule has 1 aromatic rings. The first-order valence-corrected chi connectivity index (χ1v) is 6.04. The van der Waals surface area contributed by atoms with Gasteiger partial charge in [-0.25, -0.2) is 9.59 Å².